The Hall–Kier alpha value is -2.87. The third-order valence-electron chi connectivity index (χ3n) is 3.48. The lowest BCUT2D eigenvalue weighted by Gasteiger charge is -2.11. The maximum Gasteiger partial charge on any atom is 0.270 e. The van der Waals surface area contributed by atoms with Crippen molar-refractivity contribution in [3.63, 3.8) is 0 Å². The van der Waals surface area contributed by atoms with Crippen molar-refractivity contribution < 1.29 is 14.3 Å². The molecule has 8 heteroatoms. The minimum absolute atomic E-state index is 0.216. The zero-order valence-electron chi connectivity index (χ0n) is 15.4. The number of methoxy groups -OCH3 is 1. The first-order chi connectivity index (χ1) is 12.6. The molecule has 0 radical (unpaired) electrons. The Labute approximate surface area is 153 Å². The smallest absolute Gasteiger partial charge is 0.270 e. The second-order valence-electron chi connectivity index (χ2n) is 5.80. The number of benzene rings is 1. The van der Waals surface area contributed by atoms with Gasteiger partial charge in [-0.25, -0.2) is 9.97 Å². The number of likely N-dealkylation sites (N-methyl/N-ethyl adjacent to an activating group) is 1. The normalized spacial score (nSPS) is 10.5. The second-order valence-corrected chi connectivity index (χ2v) is 5.80. The van der Waals surface area contributed by atoms with Crippen LogP contribution >= 0.6 is 0 Å². The van der Waals surface area contributed by atoms with E-state index in [0.29, 0.717) is 31.2 Å². The van der Waals surface area contributed by atoms with Gasteiger partial charge in [0.15, 0.2) is 0 Å². The van der Waals surface area contributed by atoms with Gasteiger partial charge in [0.05, 0.1) is 13.7 Å². The second kappa shape index (κ2) is 10.2. The maximum absolute atomic E-state index is 12.1. The van der Waals surface area contributed by atoms with Crippen molar-refractivity contribution in [1.29, 1.82) is 0 Å². The number of ether oxygens (including phenoxy) is 2. The number of carbonyl (C=O) groups excluding carboxylic acids is 1. The van der Waals surface area contributed by atoms with Gasteiger partial charge in [-0.2, -0.15) is 0 Å². The zero-order chi connectivity index (χ0) is 18.8. The van der Waals surface area contributed by atoms with Crippen molar-refractivity contribution in [2.24, 2.45) is 0 Å². The Kier molecular flexibility index (Phi) is 7.63. The van der Waals surface area contributed by atoms with Gasteiger partial charge in [-0.1, -0.05) is 0 Å². The molecule has 2 aromatic rings. The lowest BCUT2D eigenvalue weighted by atomic mass is 10.3. The molecule has 2 N–H and O–H groups in total. The van der Waals surface area contributed by atoms with E-state index in [0.717, 1.165) is 18.0 Å². The molecule has 0 spiro atoms. The van der Waals surface area contributed by atoms with Crippen LogP contribution in [-0.2, 0) is 0 Å². The standard InChI is InChI=1S/C18H25N5O3/c1-23(2)10-8-20-18(24)16-12-17(22-13-21-16)19-9-11-26-15-6-4-14(25-3)5-7-15/h4-7,12-13H,8-11H2,1-3H3,(H,20,24)(H,19,21,22). The van der Waals surface area contributed by atoms with E-state index in [1.165, 1.54) is 6.33 Å². The zero-order valence-corrected chi connectivity index (χ0v) is 15.4. The van der Waals surface area contributed by atoms with Crippen LogP contribution in [0.2, 0.25) is 0 Å². The number of carbonyl (C=O) groups is 1. The van der Waals surface area contributed by atoms with Crippen molar-refractivity contribution in [2.75, 3.05) is 52.8 Å². The Morgan fingerprint density at radius 1 is 1.12 bits per heavy atom. The van der Waals surface area contributed by atoms with Crippen molar-refractivity contribution in [2.45, 2.75) is 0 Å². The fraction of sp³-hybridized carbons (Fsp3) is 0.389. The van der Waals surface area contributed by atoms with Crippen LogP contribution in [-0.4, -0.2) is 68.2 Å². The van der Waals surface area contributed by atoms with Crippen LogP contribution in [0.25, 0.3) is 0 Å². The molecule has 8 nitrogen and oxygen atoms in total. The molecular weight excluding hydrogens is 334 g/mol. The van der Waals surface area contributed by atoms with Gasteiger partial charge >= 0.3 is 0 Å². The number of amides is 1. The minimum Gasteiger partial charge on any atom is -0.497 e. The number of hydrogen-bond donors (Lipinski definition) is 2. The topological polar surface area (TPSA) is 88.6 Å². The van der Waals surface area contributed by atoms with E-state index in [-0.39, 0.29) is 5.91 Å². The third kappa shape index (κ3) is 6.56. The van der Waals surface area contributed by atoms with Crippen LogP contribution in [0.15, 0.2) is 36.7 Å². The molecule has 1 amide bonds. The lowest BCUT2D eigenvalue weighted by Crippen LogP contribution is -2.31. The van der Waals surface area contributed by atoms with Crippen molar-refractivity contribution in [3.05, 3.63) is 42.4 Å². The van der Waals surface area contributed by atoms with Crippen molar-refractivity contribution in [1.82, 2.24) is 20.2 Å². The highest BCUT2D eigenvalue weighted by Crippen LogP contribution is 2.16. The minimum atomic E-state index is -0.216. The molecule has 1 aromatic carbocycles. The van der Waals surface area contributed by atoms with E-state index in [9.17, 15) is 4.79 Å². The number of nitrogens with zero attached hydrogens (tertiary/aromatic N) is 3. The maximum atomic E-state index is 12.1. The van der Waals surface area contributed by atoms with Crippen LogP contribution in [0.5, 0.6) is 11.5 Å². The molecule has 0 aliphatic heterocycles. The van der Waals surface area contributed by atoms with Crippen LogP contribution < -0.4 is 20.1 Å². The highest BCUT2D eigenvalue weighted by atomic mass is 16.5. The van der Waals surface area contributed by atoms with Gasteiger partial charge in [0, 0.05) is 19.2 Å². The number of rotatable bonds is 10. The first-order valence-electron chi connectivity index (χ1n) is 8.34. The van der Waals surface area contributed by atoms with E-state index in [2.05, 4.69) is 20.6 Å². The monoisotopic (exact) mass is 359 g/mol. The van der Waals surface area contributed by atoms with E-state index in [4.69, 9.17) is 9.47 Å². The van der Waals surface area contributed by atoms with Crippen LogP contribution in [0.3, 0.4) is 0 Å². The Morgan fingerprint density at radius 2 is 1.85 bits per heavy atom. The Morgan fingerprint density at radius 3 is 2.54 bits per heavy atom. The molecule has 0 atom stereocenters. The number of nitrogens with one attached hydrogen (secondary N) is 2. The third-order valence-corrected chi connectivity index (χ3v) is 3.48. The molecule has 0 fully saturated rings. The summed E-state index contributed by atoms with van der Waals surface area (Å²) in [6.07, 6.45) is 1.37. The van der Waals surface area contributed by atoms with Crippen LogP contribution in [0.1, 0.15) is 10.5 Å². The van der Waals surface area contributed by atoms with Crippen LogP contribution in [0, 0.1) is 0 Å². The highest BCUT2D eigenvalue weighted by molar-refractivity contribution is 5.92. The SMILES string of the molecule is COc1ccc(OCCNc2cc(C(=O)NCCN(C)C)ncn2)cc1. The average Bonchev–Trinajstić information content (AvgIpc) is 2.65. The fourth-order valence-corrected chi connectivity index (χ4v) is 2.08. The predicted molar refractivity (Wildman–Crippen MR) is 99.9 cm³/mol. The molecule has 1 heterocycles. The molecule has 26 heavy (non-hydrogen) atoms. The van der Waals surface area contributed by atoms with Gasteiger partial charge in [-0.3, -0.25) is 4.79 Å². The number of aromatic nitrogens is 2. The van der Waals surface area contributed by atoms with E-state index in [1.54, 1.807) is 13.2 Å². The van der Waals surface area contributed by atoms with Gasteiger partial charge in [-0.05, 0) is 38.4 Å². The van der Waals surface area contributed by atoms with E-state index in [1.807, 2.05) is 43.3 Å². The molecule has 0 aliphatic carbocycles. The summed E-state index contributed by atoms with van der Waals surface area (Å²) in [5, 5.41) is 5.94. The van der Waals surface area contributed by atoms with Crippen molar-refractivity contribution >= 4 is 11.7 Å². The Bertz CT molecular complexity index is 691. The van der Waals surface area contributed by atoms with Gasteiger partial charge in [0.2, 0.25) is 0 Å². The highest BCUT2D eigenvalue weighted by Gasteiger charge is 2.08. The first-order valence-corrected chi connectivity index (χ1v) is 8.34. The molecule has 140 valence electrons. The summed E-state index contributed by atoms with van der Waals surface area (Å²) in [7, 11) is 5.53. The van der Waals surface area contributed by atoms with Crippen molar-refractivity contribution in [3.8, 4) is 11.5 Å². The van der Waals surface area contributed by atoms with Gasteiger partial charge in [0.1, 0.15) is 35.9 Å². The lowest BCUT2D eigenvalue weighted by molar-refractivity contribution is 0.0946. The molecule has 0 saturated heterocycles. The number of anilines is 1. The average molecular weight is 359 g/mol. The quantitative estimate of drug-likeness (QED) is 0.618. The molecule has 2 rings (SSSR count). The molecule has 0 aliphatic rings. The summed E-state index contributed by atoms with van der Waals surface area (Å²) < 4.78 is 10.7. The molecule has 1 aromatic heterocycles. The molecule has 0 saturated carbocycles. The molecule has 0 unspecified atom stereocenters. The summed E-state index contributed by atoms with van der Waals surface area (Å²) in [5.74, 6) is 1.91. The predicted octanol–water partition coefficient (Wildman–Crippen LogP) is 1.27. The van der Waals surface area contributed by atoms with Crippen LogP contribution in [0.4, 0.5) is 5.82 Å². The largest absolute Gasteiger partial charge is 0.497 e. The summed E-state index contributed by atoms with van der Waals surface area (Å²) in [6.45, 7) is 2.34. The summed E-state index contributed by atoms with van der Waals surface area (Å²) >= 11 is 0. The first kappa shape index (κ1) is 19.5. The van der Waals surface area contributed by atoms with Gasteiger partial charge in [0.25, 0.3) is 5.91 Å². The summed E-state index contributed by atoms with van der Waals surface area (Å²) in [6, 6.07) is 9.00. The fourth-order valence-electron chi connectivity index (χ4n) is 2.08. The van der Waals surface area contributed by atoms with E-state index < -0.39 is 0 Å². The van der Waals surface area contributed by atoms with Gasteiger partial charge in [-0.15, -0.1) is 0 Å². The van der Waals surface area contributed by atoms with Gasteiger partial charge < -0.3 is 25.0 Å². The van der Waals surface area contributed by atoms with E-state index >= 15 is 0 Å². The molecular formula is C18H25N5O3. The number of hydrogen-bond acceptors (Lipinski definition) is 7. The molecule has 0 bridgehead atoms. The summed E-state index contributed by atoms with van der Waals surface area (Å²) in [5.41, 5.74) is 0.331. The Balaban J connectivity index is 1.76. The summed E-state index contributed by atoms with van der Waals surface area (Å²) in [4.78, 5) is 22.2.